The summed E-state index contributed by atoms with van der Waals surface area (Å²) in [6.07, 6.45) is -4.93. The van der Waals surface area contributed by atoms with E-state index in [2.05, 4.69) is 0 Å². The number of nitrogens with zero attached hydrogens (tertiary/aromatic N) is 2. The molecule has 0 aliphatic carbocycles. The van der Waals surface area contributed by atoms with Crippen LogP contribution in [-0.2, 0) is 9.59 Å². The zero-order valence-electron chi connectivity index (χ0n) is 13.6. The predicted molar refractivity (Wildman–Crippen MR) is 83.7 cm³/mol. The van der Waals surface area contributed by atoms with Gasteiger partial charge in [-0.05, 0) is 13.0 Å². The molecule has 1 unspecified atom stereocenters. The van der Waals surface area contributed by atoms with Gasteiger partial charge in [0.25, 0.3) is 0 Å². The van der Waals surface area contributed by atoms with Crippen molar-refractivity contribution in [3.8, 4) is 17.6 Å². The van der Waals surface area contributed by atoms with E-state index in [-0.39, 0.29) is 35.1 Å². The van der Waals surface area contributed by atoms with E-state index in [0.29, 0.717) is 4.90 Å². The molecule has 6 nitrogen and oxygen atoms in total. The first kappa shape index (κ1) is 19.8. The van der Waals surface area contributed by atoms with Crippen molar-refractivity contribution in [3.05, 3.63) is 22.7 Å². The number of hydrogen-bond donors (Lipinski definition) is 0. The van der Waals surface area contributed by atoms with Crippen molar-refractivity contribution >= 4 is 23.5 Å². The number of likely N-dealkylation sites (tertiary alicyclic amines) is 1. The molecule has 1 atom stereocenters. The summed E-state index contributed by atoms with van der Waals surface area (Å²) >= 11 is 6.01. The second-order valence-electron chi connectivity index (χ2n) is 5.54. The minimum Gasteiger partial charge on any atom is -0.490 e. The molecule has 1 saturated heterocycles. The van der Waals surface area contributed by atoms with E-state index in [0.717, 1.165) is 0 Å². The SMILES string of the molecule is CCOc1cc(C#N)cc(Cl)c1OC(=O)C1CC(=O)N(CC(F)(F)F)C1. The van der Waals surface area contributed by atoms with Crippen LogP contribution in [0.5, 0.6) is 11.5 Å². The minimum atomic E-state index is -4.55. The van der Waals surface area contributed by atoms with Crippen LogP contribution in [0.3, 0.4) is 0 Å². The lowest BCUT2D eigenvalue weighted by molar-refractivity contribution is -0.157. The van der Waals surface area contributed by atoms with Crippen LogP contribution in [0.1, 0.15) is 18.9 Å². The predicted octanol–water partition coefficient (Wildman–Crippen LogP) is 2.93. The Morgan fingerprint density at radius 1 is 1.46 bits per heavy atom. The first-order chi connectivity index (χ1) is 12.1. The summed E-state index contributed by atoms with van der Waals surface area (Å²) in [4.78, 5) is 24.5. The van der Waals surface area contributed by atoms with Crippen molar-refractivity contribution < 1.29 is 32.2 Å². The molecule has 140 valence electrons. The Morgan fingerprint density at radius 2 is 2.15 bits per heavy atom. The Kier molecular flexibility index (Phi) is 5.97. The molecular weight excluding hydrogens is 377 g/mol. The highest BCUT2D eigenvalue weighted by molar-refractivity contribution is 6.32. The fraction of sp³-hybridized carbons (Fsp3) is 0.438. The van der Waals surface area contributed by atoms with Crippen LogP contribution in [0, 0.1) is 17.2 Å². The zero-order chi connectivity index (χ0) is 19.5. The first-order valence-electron chi connectivity index (χ1n) is 7.57. The van der Waals surface area contributed by atoms with Gasteiger partial charge in [0.15, 0.2) is 11.5 Å². The Morgan fingerprint density at radius 3 is 2.73 bits per heavy atom. The van der Waals surface area contributed by atoms with Gasteiger partial charge in [-0.1, -0.05) is 11.6 Å². The number of halogens is 4. The fourth-order valence-corrected chi connectivity index (χ4v) is 2.73. The molecule has 1 aromatic rings. The van der Waals surface area contributed by atoms with Gasteiger partial charge in [-0.3, -0.25) is 9.59 Å². The number of rotatable bonds is 5. The average molecular weight is 391 g/mol. The molecule has 0 saturated carbocycles. The summed E-state index contributed by atoms with van der Waals surface area (Å²) < 4.78 is 47.8. The third kappa shape index (κ3) is 4.79. The maximum absolute atomic E-state index is 12.4. The van der Waals surface area contributed by atoms with Crippen LogP contribution in [-0.4, -0.2) is 42.6 Å². The van der Waals surface area contributed by atoms with Crippen LogP contribution in [0.25, 0.3) is 0 Å². The van der Waals surface area contributed by atoms with Gasteiger partial charge >= 0.3 is 12.1 Å². The lowest BCUT2D eigenvalue weighted by atomic mass is 10.1. The monoisotopic (exact) mass is 390 g/mol. The normalized spacial score (nSPS) is 17.2. The topological polar surface area (TPSA) is 79.6 Å². The average Bonchev–Trinajstić information content (AvgIpc) is 2.89. The highest BCUT2D eigenvalue weighted by atomic mass is 35.5. The van der Waals surface area contributed by atoms with Crippen molar-refractivity contribution in [3.63, 3.8) is 0 Å². The van der Waals surface area contributed by atoms with Gasteiger partial charge in [0.05, 0.1) is 29.2 Å². The number of ether oxygens (including phenoxy) is 2. The van der Waals surface area contributed by atoms with Crippen molar-refractivity contribution in [1.29, 1.82) is 5.26 Å². The highest BCUT2D eigenvalue weighted by Gasteiger charge is 2.41. The van der Waals surface area contributed by atoms with Crippen molar-refractivity contribution in [2.45, 2.75) is 19.5 Å². The third-order valence-corrected chi connectivity index (χ3v) is 3.84. The van der Waals surface area contributed by atoms with Crippen molar-refractivity contribution in [2.24, 2.45) is 5.92 Å². The number of amides is 1. The van der Waals surface area contributed by atoms with E-state index in [1.807, 2.05) is 6.07 Å². The van der Waals surface area contributed by atoms with E-state index < -0.39 is 37.1 Å². The van der Waals surface area contributed by atoms with Crippen LogP contribution in [0.15, 0.2) is 12.1 Å². The van der Waals surface area contributed by atoms with E-state index in [4.69, 9.17) is 26.3 Å². The molecule has 1 aliphatic rings. The summed E-state index contributed by atoms with van der Waals surface area (Å²) in [5.74, 6) is -2.80. The van der Waals surface area contributed by atoms with Crippen molar-refractivity contribution in [2.75, 3.05) is 19.7 Å². The molecule has 0 radical (unpaired) electrons. The Balaban J connectivity index is 2.15. The van der Waals surface area contributed by atoms with E-state index in [1.54, 1.807) is 6.92 Å². The molecule has 1 fully saturated rings. The van der Waals surface area contributed by atoms with Gasteiger partial charge in [-0.2, -0.15) is 18.4 Å². The second-order valence-corrected chi connectivity index (χ2v) is 5.95. The number of nitriles is 1. The number of benzene rings is 1. The van der Waals surface area contributed by atoms with Crippen molar-refractivity contribution in [1.82, 2.24) is 4.90 Å². The van der Waals surface area contributed by atoms with Gasteiger partial charge in [-0.15, -0.1) is 0 Å². The number of esters is 1. The van der Waals surface area contributed by atoms with Crippen LogP contribution in [0.4, 0.5) is 13.2 Å². The van der Waals surface area contributed by atoms with Gasteiger partial charge in [0.1, 0.15) is 6.54 Å². The van der Waals surface area contributed by atoms with Gasteiger partial charge < -0.3 is 14.4 Å². The Hall–Kier alpha value is -2.47. The zero-order valence-corrected chi connectivity index (χ0v) is 14.4. The fourth-order valence-electron chi connectivity index (χ4n) is 2.48. The Labute approximate surface area is 152 Å². The van der Waals surface area contributed by atoms with E-state index >= 15 is 0 Å². The first-order valence-corrected chi connectivity index (χ1v) is 7.95. The molecule has 1 amide bonds. The van der Waals surface area contributed by atoms with Gasteiger partial charge in [0.2, 0.25) is 5.91 Å². The van der Waals surface area contributed by atoms with Gasteiger partial charge in [-0.25, -0.2) is 0 Å². The molecule has 10 heteroatoms. The van der Waals surface area contributed by atoms with Crippen LogP contribution < -0.4 is 9.47 Å². The lowest BCUT2D eigenvalue weighted by Gasteiger charge is -2.18. The molecule has 0 spiro atoms. The molecular formula is C16H14ClF3N2O4. The molecule has 1 aromatic carbocycles. The number of hydrogen-bond acceptors (Lipinski definition) is 5. The summed E-state index contributed by atoms with van der Waals surface area (Å²) in [6.45, 7) is 0.0622. The number of alkyl halides is 3. The molecule has 2 rings (SSSR count). The van der Waals surface area contributed by atoms with Crippen LogP contribution >= 0.6 is 11.6 Å². The molecule has 0 aromatic heterocycles. The molecule has 1 aliphatic heterocycles. The van der Waals surface area contributed by atoms with E-state index in [9.17, 15) is 22.8 Å². The smallest absolute Gasteiger partial charge is 0.406 e. The maximum Gasteiger partial charge on any atom is 0.406 e. The molecule has 0 bridgehead atoms. The van der Waals surface area contributed by atoms with E-state index in [1.165, 1.54) is 12.1 Å². The molecule has 26 heavy (non-hydrogen) atoms. The summed E-state index contributed by atoms with van der Waals surface area (Å²) in [5, 5.41) is 8.89. The quantitative estimate of drug-likeness (QED) is 0.570. The highest BCUT2D eigenvalue weighted by Crippen LogP contribution is 2.37. The third-order valence-electron chi connectivity index (χ3n) is 3.56. The maximum atomic E-state index is 12.4. The summed E-state index contributed by atoms with van der Waals surface area (Å²) in [5.41, 5.74) is 0.186. The lowest BCUT2D eigenvalue weighted by Crippen LogP contribution is -2.36. The molecule has 0 N–H and O–H groups in total. The van der Waals surface area contributed by atoms with Gasteiger partial charge in [0, 0.05) is 19.0 Å². The minimum absolute atomic E-state index is 0.0568. The summed E-state index contributed by atoms with van der Waals surface area (Å²) in [7, 11) is 0. The largest absolute Gasteiger partial charge is 0.490 e. The second kappa shape index (κ2) is 7.83. The standard InChI is InChI=1S/C16H14ClF3N2O4/c1-2-25-12-4-9(6-21)3-11(17)14(12)26-15(24)10-5-13(23)22(7-10)8-16(18,19)20/h3-4,10H,2,5,7-8H2,1H3. The Bertz CT molecular complexity index is 761. The molecule has 1 heterocycles. The number of carbonyl (C=O) groups is 2. The number of carbonyl (C=O) groups excluding carboxylic acids is 2. The van der Waals surface area contributed by atoms with Crippen LogP contribution in [0.2, 0.25) is 5.02 Å². The summed E-state index contributed by atoms with van der Waals surface area (Å²) in [6, 6.07) is 4.47.